The van der Waals surface area contributed by atoms with Crippen LogP contribution in [0.15, 0.2) is 41.8 Å². The number of nitrogens with one attached hydrogen (secondary N) is 3. The van der Waals surface area contributed by atoms with Crippen molar-refractivity contribution in [2.75, 3.05) is 19.0 Å². The van der Waals surface area contributed by atoms with Gasteiger partial charge in [0.25, 0.3) is 0 Å². The summed E-state index contributed by atoms with van der Waals surface area (Å²) in [5.41, 5.74) is -0.793. The smallest absolute Gasteiger partial charge is 0.408 e. The zero-order valence-corrected chi connectivity index (χ0v) is 31.8. The van der Waals surface area contributed by atoms with Gasteiger partial charge in [0.15, 0.2) is 5.13 Å². The number of aliphatic carboxylic acids is 1. The van der Waals surface area contributed by atoms with E-state index in [4.69, 9.17) is 19.2 Å². The lowest BCUT2D eigenvalue weighted by molar-refractivity contribution is -0.145. The molecular weight excluding hydrogens is 717 g/mol. The van der Waals surface area contributed by atoms with E-state index in [-0.39, 0.29) is 31.2 Å². The van der Waals surface area contributed by atoms with Crippen molar-refractivity contribution < 1.29 is 43.3 Å². The van der Waals surface area contributed by atoms with E-state index in [1.165, 1.54) is 23.2 Å². The number of amides is 4. The average molecular weight is 763 g/mol. The van der Waals surface area contributed by atoms with Gasteiger partial charge in [-0.15, -0.1) is 11.3 Å². The molecular formula is C38H46N6O9S. The van der Waals surface area contributed by atoms with Crippen molar-refractivity contribution in [3.8, 4) is 22.9 Å². The fourth-order valence-electron chi connectivity index (χ4n) is 6.91. The monoisotopic (exact) mass is 762 g/mol. The van der Waals surface area contributed by atoms with Crippen molar-refractivity contribution in [3.05, 3.63) is 41.8 Å². The summed E-state index contributed by atoms with van der Waals surface area (Å²) in [6, 6.07) is 4.94. The van der Waals surface area contributed by atoms with Gasteiger partial charge >= 0.3 is 12.1 Å². The number of nitrogens with zero attached hydrogens (tertiary/aromatic N) is 3. The molecule has 2 fully saturated rings. The van der Waals surface area contributed by atoms with Gasteiger partial charge in [-0.05, 0) is 58.6 Å². The topological polar surface area (TPSA) is 198 Å². The highest BCUT2D eigenvalue weighted by Gasteiger charge is 2.61. The number of carboxylic acids is 1. The summed E-state index contributed by atoms with van der Waals surface area (Å²) in [4.78, 5) is 76.4. The number of benzene rings is 1. The van der Waals surface area contributed by atoms with Crippen LogP contribution in [0.25, 0.3) is 22.3 Å². The number of pyridine rings is 1. The van der Waals surface area contributed by atoms with Crippen LogP contribution in [0.4, 0.5) is 9.93 Å². The molecule has 2 aromatic heterocycles. The molecule has 2 aliphatic heterocycles. The van der Waals surface area contributed by atoms with Crippen LogP contribution >= 0.6 is 11.3 Å². The lowest BCUT2D eigenvalue weighted by Crippen LogP contribution is -2.56. The number of allylic oxidation sites excluding steroid dienone is 1. The summed E-state index contributed by atoms with van der Waals surface area (Å²) in [5.74, 6) is -1.91. The Hall–Kier alpha value is -5.25. The number of carbonyl (C=O) groups is 5. The van der Waals surface area contributed by atoms with Gasteiger partial charge < -0.3 is 40.2 Å². The van der Waals surface area contributed by atoms with Gasteiger partial charge in [0, 0.05) is 42.2 Å². The third kappa shape index (κ3) is 8.75. The van der Waals surface area contributed by atoms with Crippen molar-refractivity contribution in [2.45, 2.75) is 102 Å². The number of rotatable bonds is 7. The normalized spacial score (nSPS) is 25.2. The first-order valence-corrected chi connectivity index (χ1v) is 18.9. The molecule has 0 spiro atoms. The third-order valence-corrected chi connectivity index (χ3v) is 10.4. The van der Waals surface area contributed by atoms with Gasteiger partial charge in [-0.1, -0.05) is 25.0 Å². The maximum atomic E-state index is 14.4. The minimum absolute atomic E-state index is 0.0223. The summed E-state index contributed by atoms with van der Waals surface area (Å²) in [6.07, 6.45) is 5.88. The standard InChI is InChI=1S/C38H46N6O9S/c1-21(45)39-35-41-29(20-54-35)28-17-31(25-14-13-23(51-5)15-27(25)40-28)52-24-16-30-32(46)43-38(34(48)49)18-22(38)11-9-7-6-8-10-12-26(33(47)44(30)19-24)42-36(50)53-37(2,3)4/h9,11,13-15,17,20,22,24,26,30H,6-8,10,12,16,18-19H2,1-5H3,(H,42,50)(H,43,46)(H,48,49)(H,39,41,45)/b11-9-/t22-,24+,26-,30-,38+/m0/s1. The molecule has 54 heavy (non-hydrogen) atoms. The number of carbonyl (C=O) groups excluding carboxylic acids is 4. The van der Waals surface area contributed by atoms with Crippen LogP contribution in [0.1, 0.15) is 72.6 Å². The van der Waals surface area contributed by atoms with E-state index in [0.717, 1.165) is 19.3 Å². The molecule has 3 aliphatic rings. The number of hydrogen-bond acceptors (Lipinski definition) is 11. The highest BCUT2D eigenvalue weighted by molar-refractivity contribution is 7.14. The second-order valence-corrected chi connectivity index (χ2v) is 15.8. The molecule has 1 saturated heterocycles. The molecule has 3 aromatic rings. The lowest BCUT2D eigenvalue weighted by Gasteiger charge is -2.30. The van der Waals surface area contributed by atoms with Gasteiger partial charge in [-0.3, -0.25) is 14.4 Å². The first-order chi connectivity index (χ1) is 25.7. The number of thiazole rings is 1. The molecule has 1 aliphatic carbocycles. The quantitative estimate of drug-likeness (QED) is 0.235. The Bertz CT molecular complexity index is 1980. The fourth-order valence-corrected chi connectivity index (χ4v) is 7.66. The Labute approximate surface area is 316 Å². The van der Waals surface area contributed by atoms with Crippen molar-refractivity contribution in [1.29, 1.82) is 0 Å². The minimum atomic E-state index is -1.48. The van der Waals surface area contributed by atoms with Crippen LogP contribution < -0.4 is 25.4 Å². The number of ether oxygens (including phenoxy) is 3. The average Bonchev–Trinajstić information content (AvgIpc) is 3.38. The van der Waals surface area contributed by atoms with E-state index in [0.29, 0.717) is 51.8 Å². The predicted octanol–water partition coefficient (Wildman–Crippen LogP) is 5.05. The van der Waals surface area contributed by atoms with Crippen LogP contribution in [0.5, 0.6) is 11.5 Å². The maximum Gasteiger partial charge on any atom is 0.408 e. The van der Waals surface area contributed by atoms with E-state index >= 15 is 0 Å². The first kappa shape index (κ1) is 38.5. The highest BCUT2D eigenvalue weighted by Crippen LogP contribution is 2.45. The van der Waals surface area contributed by atoms with Crippen molar-refractivity contribution >= 4 is 57.2 Å². The van der Waals surface area contributed by atoms with Crippen molar-refractivity contribution in [1.82, 2.24) is 25.5 Å². The molecule has 4 N–H and O–H groups in total. The minimum Gasteiger partial charge on any atom is -0.497 e. The van der Waals surface area contributed by atoms with E-state index in [9.17, 15) is 29.1 Å². The summed E-state index contributed by atoms with van der Waals surface area (Å²) in [6.45, 7) is 6.55. The Morgan fingerprint density at radius 3 is 2.61 bits per heavy atom. The molecule has 4 heterocycles. The number of carboxylic acid groups (broad SMARTS) is 1. The summed E-state index contributed by atoms with van der Waals surface area (Å²) < 4.78 is 17.6. The molecule has 15 nitrogen and oxygen atoms in total. The lowest BCUT2D eigenvalue weighted by atomic mass is 10.0. The Morgan fingerprint density at radius 1 is 1.09 bits per heavy atom. The van der Waals surface area contributed by atoms with Gasteiger partial charge in [0.05, 0.1) is 24.9 Å². The van der Waals surface area contributed by atoms with Crippen LogP contribution in [-0.4, -0.2) is 92.7 Å². The summed E-state index contributed by atoms with van der Waals surface area (Å²) in [7, 11) is 1.55. The molecule has 0 unspecified atom stereocenters. The van der Waals surface area contributed by atoms with E-state index < -0.39 is 53.2 Å². The van der Waals surface area contributed by atoms with Crippen molar-refractivity contribution in [2.24, 2.45) is 5.92 Å². The van der Waals surface area contributed by atoms with Crippen LogP contribution in [-0.2, 0) is 23.9 Å². The second-order valence-electron chi connectivity index (χ2n) is 14.9. The number of hydrogen-bond donors (Lipinski definition) is 4. The van der Waals surface area contributed by atoms with Crippen molar-refractivity contribution in [3.63, 3.8) is 0 Å². The zero-order valence-electron chi connectivity index (χ0n) is 31.0. The molecule has 288 valence electrons. The van der Waals surface area contributed by atoms with E-state index in [2.05, 4.69) is 20.9 Å². The number of methoxy groups -OCH3 is 1. The number of fused-ring (bicyclic) bond motifs is 3. The Morgan fingerprint density at radius 2 is 1.89 bits per heavy atom. The molecule has 4 amide bonds. The SMILES string of the molecule is COc1ccc2c(O[C@@H]3C[C@H]4C(=O)N[C@]5(C(=O)O)C[C@@H]5/C=C\CCCCC[C@H](NC(=O)OC(C)(C)C)C(=O)N4C3)cc(-c3csc(NC(C)=O)n3)nc2c1. The van der Waals surface area contributed by atoms with Crippen LogP contribution in [0, 0.1) is 5.92 Å². The van der Waals surface area contributed by atoms with E-state index in [1.54, 1.807) is 57.5 Å². The molecule has 1 saturated carbocycles. The summed E-state index contributed by atoms with van der Waals surface area (Å²) >= 11 is 1.24. The van der Waals surface area contributed by atoms with Crippen LogP contribution in [0.3, 0.4) is 0 Å². The largest absolute Gasteiger partial charge is 0.497 e. The molecule has 6 rings (SSSR count). The van der Waals surface area contributed by atoms with Gasteiger partial charge in [-0.25, -0.2) is 19.6 Å². The van der Waals surface area contributed by atoms with Gasteiger partial charge in [-0.2, -0.15) is 0 Å². The molecule has 16 heteroatoms. The molecule has 5 atom stereocenters. The van der Waals surface area contributed by atoms with E-state index in [1.807, 2.05) is 12.2 Å². The third-order valence-electron chi connectivity index (χ3n) is 9.63. The maximum absolute atomic E-state index is 14.4. The number of aromatic nitrogens is 2. The van der Waals surface area contributed by atoms with Gasteiger partial charge in [0.1, 0.15) is 46.5 Å². The Kier molecular flexibility index (Phi) is 11.1. The zero-order chi connectivity index (χ0) is 38.8. The predicted molar refractivity (Wildman–Crippen MR) is 200 cm³/mol. The highest BCUT2D eigenvalue weighted by atomic mass is 32.1. The first-order valence-electron chi connectivity index (χ1n) is 18.1. The van der Waals surface area contributed by atoms with Crippen LogP contribution in [0.2, 0.25) is 0 Å². The fraction of sp³-hybridized carbons (Fsp3) is 0.500. The summed E-state index contributed by atoms with van der Waals surface area (Å²) in [5, 5.41) is 21.2. The number of anilines is 1. The molecule has 0 bridgehead atoms. The molecule has 0 radical (unpaired) electrons. The molecule has 1 aromatic carbocycles. The second kappa shape index (κ2) is 15.6. The number of alkyl carbamates (subject to hydrolysis) is 1. The Balaban J connectivity index is 1.34. The van der Waals surface area contributed by atoms with Gasteiger partial charge in [0.2, 0.25) is 17.7 Å².